The fourth-order valence-corrected chi connectivity index (χ4v) is 2.19. The maximum Gasteiger partial charge on any atom is 0.223 e. The number of carbonyl (C=O) groups is 1. The van der Waals surface area contributed by atoms with Gasteiger partial charge in [-0.05, 0) is 24.5 Å². The van der Waals surface area contributed by atoms with E-state index in [2.05, 4.69) is 20.8 Å². The summed E-state index contributed by atoms with van der Waals surface area (Å²) < 4.78 is 5.84. The van der Waals surface area contributed by atoms with Crippen molar-refractivity contribution in [1.82, 2.24) is 4.90 Å². The molecule has 0 N–H and O–H groups in total. The summed E-state index contributed by atoms with van der Waals surface area (Å²) in [5, 5.41) is 1.08. The first-order valence-electron chi connectivity index (χ1n) is 7.02. The molecule has 0 aliphatic rings. The highest BCUT2D eigenvalue weighted by Gasteiger charge is 2.24. The van der Waals surface area contributed by atoms with E-state index in [9.17, 15) is 4.79 Å². The zero-order valence-electron chi connectivity index (χ0n) is 12.9. The van der Waals surface area contributed by atoms with E-state index in [0.29, 0.717) is 6.42 Å². The van der Waals surface area contributed by atoms with Gasteiger partial charge in [-0.3, -0.25) is 4.79 Å². The summed E-state index contributed by atoms with van der Waals surface area (Å²) in [6.45, 7) is 8.22. The first-order chi connectivity index (χ1) is 9.28. The molecule has 108 valence electrons. The topological polar surface area (TPSA) is 33.5 Å². The van der Waals surface area contributed by atoms with Crippen LogP contribution in [-0.4, -0.2) is 17.9 Å². The van der Waals surface area contributed by atoms with E-state index in [1.807, 2.05) is 44.3 Å². The van der Waals surface area contributed by atoms with Crippen LogP contribution in [0.2, 0.25) is 0 Å². The van der Waals surface area contributed by atoms with Crippen LogP contribution in [0.25, 0.3) is 11.0 Å². The largest absolute Gasteiger partial charge is 0.459 e. The fourth-order valence-electron chi connectivity index (χ4n) is 2.19. The SMILES string of the molecule is CC(c1cc2ccccc2o1)N(C)C(=O)CC(C)(C)C. The molecule has 20 heavy (non-hydrogen) atoms. The van der Waals surface area contributed by atoms with Gasteiger partial charge in [-0.25, -0.2) is 0 Å². The summed E-state index contributed by atoms with van der Waals surface area (Å²) >= 11 is 0. The Labute approximate surface area is 120 Å². The number of para-hydroxylation sites is 1. The maximum atomic E-state index is 12.3. The molecule has 0 saturated carbocycles. The highest BCUT2D eigenvalue weighted by Crippen LogP contribution is 2.28. The van der Waals surface area contributed by atoms with Gasteiger partial charge in [0.25, 0.3) is 0 Å². The molecule has 0 bridgehead atoms. The first kappa shape index (κ1) is 14.6. The van der Waals surface area contributed by atoms with Crippen molar-refractivity contribution in [2.45, 2.75) is 40.2 Å². The number of hydrogen-bond donors (Lipinski definition) is 0. The Morgan fingerprint density at radius 1 is 1.30 bits per heavy atom. The molecular formula is C17H23NO2. The van der Waals surface area contributed by atoms with Gasteiger partial charge in [0.05, 0.1) is 6.04 Å². The lowest BCUT2D eigenvalue weighted by molar-refractivity contribution is -0.134. The van der Waals surface area contributed by atoms with Crippen LogP contribution in [0.5, 0.6) is 0 Å². The van der Waals surface area contributed by atoms with Gasteiger partial charge in [0.1, 0.15) is 11.3 Å². The molecule has 1 amide bonds. The van der Waals surface area contributed by atoms with E-state index in [-0.39, 0.29) is 17.4 Å². The lowest BCUT2D eigenvalue weighted by Crippen LogP contribution is -2.32. The van der Waals surface area contributed by atoms with E-state index in [1.54, 1.807) is 4.90 Å². The second kappa shape index (κ2) is 5.31. The molecule has 0 aliphatic heterocycles. The third-order valence-corrected chi connectivity index (χ3v) is 3.51. The van der Waals surface area contributed by atoms with E-state index >= 15 is 0 Å². The van der Waals surface area contributed by atoms with Gasteiger partial charge in [0, 0.05) is 18.9 Å². The third kappa shape index (κ3) is 3.21. The minimum absolute atomic E-state index is 0.00105. The summed E-state index contributed by atoms with van der Waals surface area (Å²) in [5.41, 5.74) is 0.866. The van der Waals surface area contributed by atoms with Crippen LogP contribution in [0, 0.1) is 5.41 Å². The number of rotatable bonds is 3. The number of benzene rings is 1. The zero-order valence-corrected chi connectivity index (χ0v) is 12.9. The lowest BCUT2D eigenvalue weighted by atomic mass is 9.91. The van der Waals surface area contributed by atoms with Gasteiger partial charge < -0.3 is 9.32 Å². The standard InChI is InChI=1S/C17H23NO2/c1-12(18(5)16(19)11-17(2,3)4)15-10-13-8-6-7-9-14(13)20-15/h6-10,12H,11H2,1-5H3. The zero-order chi connectivity index (χ0) is 14.9. The summed E-state index contributed by atoms with van der Waals surface area (Å²) in [6.07, 6.45) is 0.536. The summed E-state index contributed by atoms with van der Waals surface area (Å²) in [7, 11) is 1.84. The third-order valence-electron chi connectivity index (χ3n) is 3.51. The van der Waals surface area contributed by atoms with Crippen LogP contribution in [-0.2, 0) is 4.79 Å². The Morgan fingerprint density at radius 2 is 1.95 bits per heavy atom. The molecule has 0 saturated heterocycles. The molecule has 0 aliphatic carbocycles. The van der Waals surface area contributed by atoms with Crippen molar-refractivity contribution < 1.29 is 9.21 Å². The summed E-state index contributed by atoms with van der Waals surface area (Å²) in [5.74, 6) is 0.974. The Hall–Kier alpha value is -1.77. The van der Waals surface area contributed by atoms with Crippen molar-refractivity contribution in [2.75, 3.05) is 7.05 Å². The number of amides is 1. The van der Waals surface area contributed by atoms with E-state index < -0.39 is 0 Å². The first-order valence-corrected chi connectivity index (χ1v) is 7.02. The number of carbonyl (C=O) groups excluding carboxylic acids is 1. The van der Waals surface area contributed by atoms with E-state index in [1.165, 1.54) is 0 Å². The monoisotopic (exact) mass is 273 g/mol. The molecule has 0 radical (unpaired) electrons. The molecule has 3 heteroatoms. The normalized spacial score (nSPS) is 13.4. The van der Waals surface area contributed by atoms with Gasteiger partial charge in [0.2, 0.25) is 5.91 Å². The molecule has 1 atom stereocenters. The van der Waals surface area contributed by atoms with Crippen LogP contribution >= 0.6 is 0 Å². The van der Waals surface area contributed by atoms with E-state index in [4.69, 9.17) is 4.42 Å². The summed E-state index contributed by atoms with van der Waals surface area (Å²) in [4.78, 5) is 14.0. The smallest absolute Gasteiger partial charge is 0.223 e. The number of nitrogens with zero attached hydrogens (tertiary/aromatic N) is 1. The van der Waals surface area contributed by atoms with Crippen molar-refractivity contribution in [2.24, 2.45) is 5.41 Å². The second-order valence-corrected chi connectivity index (χ2v) is 6.60. The molecule has 1 heterocycles. The van der Waals surface area contributed by atoms with Gasteiger partial charge in [0.15, 0.2) is 0 Å². The Balaban J connectivity index is 2.17. The molecule has 1 aromatic carbocycles. The van der Waals surface area contributed by atoms with Crippen molar-refractivity contribution in [3.05, 3.63) is 36.1 Å². The van der Waals surface area contributed by atoms with Gasteiger partial charge in [-0.2, -0.15) is 0 Å². The van der Waals surface area contributed by atoms with Crippen LogP contribution in [0.3, 0.4) is 0 Å². The predicted molar refractivity (Wildman–Crippen MR) is 81.5 cm³/mol. The average molecular weight is 273 g/mol. The van der Waals surface area contributed by atoms with Crippen LogP contribution in [0.1, 0.15) is 45.9 Å². The Bertz CT molecular complexity index is 574. The predicted octanol–water partition coefficient (Wildman–Crippen LogP) is 4.39. The van der Waals surface area contributed by atoms with Gasteiger partial charge in [-0.1, -0.05) is 39.0 Å². The molecule has 0 spiro atoms. The maximum absolute atomic E-state index is 12.3. The Morgan fingerprint density at radius 3 is 2.55 bits per heavy atom. The molecule has 3 nitrogen and oxygen atoms in total. The molecule has 1 unspecified atom stereocenters. The molecule has 2 aromatic rings. The molecule has 1 aromatic heterocycles. The highest BCUT2D eigenvalue weighted by molar-refractivity contribution is 5.79. The van der Waals surface area contributed by atoms with Gasteiger partial charge in [-0.15, -0.1) is 0 Å². The highest BCUT2D eigenvalue weighted by atomic mass is 16.3. The molecular weight excluding hydrogens is 250 g/mol. The molecule has 2 rings (SSSR count). The number of hydrogen-bond acceptors (Lipinski definition) is 2. The molecule has 0 fully saturated rings. The van der Waals surface area contributed by atoms with Crippen molar-refractivity contribution in [3.8, 4) is 0 Å². The summed E-state index contributed by atoms with van der Waals surface area (Å²) in [6, 6.07) is 9.86. The average Bonchev–Trinajstić information content (AvgIpc) is 2.78. The van der Waals surface area contributed by atoms with Crippen LogP contribution < -0.4 is 0 Å². The van der Waals surface area contributed by atoms with Crippen molar-refractivity contribution in [1.29, 1.82) is 0 Å². The Kier molecular flexibility index (Phi) is 3.89. The minimum atomic E-state index is -0.0581. The number of fused-ring (bicyclic) bond motifs is 1. The lowest BCUT2D eigenvalue weighted by Gasteiger charge is -2.27. The quantitative estimate of drug-likeness (QED) is 0.831. The minimum Gasteiger partial charge on any atom is -0.459 e. The van der Waals surface area contributed by atoms with Crippen LogP contribution in [0.15, 0.2) is 34.7 Å². The second-order valence-electron chi connectivity index (χ2n) is 6.60. The van der Waals surface area contributed by atoms with Crippen LogP contribution in [0.4, 0.5) is 0 Å². The van der Waals surface area contributed by atoms with E-state index in [0.717, 1.165) is 16.7 Å². The fraction of sp³-hybridized carbons (Fsp3) is 0.471. The van der Waals surface area contributed by atoms with Crippen molar-refractivity contribution >= 4 is 16.9 Å². The number of furan rings is 1. The van der Waals surface area contributed by atoms with Gasteiger partial charge >= 0.3 is 0 Å². The van der Waals surface area contributed by atoms with Crippen molar-refractivity contribution in [3.63, 3.8) is 0 Å².